The average Bonchev–Trinajstić information content (AvgIpc) is 3.34. The summed E-state index contributed by atoms with van der Waals surface area (Å²) in [5, 5.41) is 4.74. The highest BCUT2D eigenvalue weighted by Gasteiger charge is 2.38. The average molecular weight is 420 g/mol. The minimum Gasteiger partial charge on any atom is -0.348 e. The molecule has 2 aromatic rings. The zero-order valence-corrected chi connectivity index (χ0v) is 18.0. The monoisotopic (exact) mass is 419 g/mol. The van der Waals surface area contributed by atoms with Gasteiger partial charge in [-0.2, -0.15) is 11.8 Å². The quantitative estimate of drug-likeness (QED) is 0.500. The molecule has 0 aromatic carbocycles. The highest BCUT2D eigenvalue weighted by molar-refractivity contribution is 7.98. The van der Waals surface area contributed by atoms with Gasteiger partial charge in [-0.3, -0.25) is 14.5 Å². The number of Topliss-reactive ketones (excluding diaryl/α,β-unsaturated/α-hetero) is 1. The maximum Gasteiger partial charge on any atom is 0.325 e. The largest absolute Gasteiger partial charge is 0.348 e. The van der Waals surface area contributed by atoms with Gasteiger partial charge in [0.05, 0.1) is 6.54 Å². The number of aryl methyl sites for hydroxylation is 2. The number of thioether (sulfide) groups is 1. The molecule has 3 amide bonds. The van der Waals surface area contributed by atoms with Crippen molar-refractivity contribution in [3.8, 4) is 0 Å². The van der Waals surface area contributed by atoms with Gasteiger partial charge in [-0.05, 0) is 56.2 Å². The molecule has 0 saturated carbocycles. The van der Waals surface area contributed by atoms with Gasteiger partial charge in [0, 0.05) is 28.4 Å². The van der Waals surface area contributed by atoms with Crippen LogP contribution >= 0.6 is 23.1 Å². The highest BCUT2D eigenvalue weighted by atomic mass is 32.2. The molecule has 1 unspecified atom stereocenters. The molecule has 0 radical (unpaired) electrons. The predicted octanol–water partition coefficient (Wildman–Crippen LogP) is 3.27. The fourth-order valence-electron chi connectivity index (χ4n) is 3.49. The summed E-state index contributed by atoms with van der Waals surface area (Å²) in [6.45, 7) is 4.48. The lowest BCUT2D eigenvalue weighted by Crippen LogP contribution is -2.36. The van der Waals surface area contributed by atoms with Gasteiger partial charge in [-0.1, -0.05) is 6.07 Å². The van der Waals surface area contributed by atoms with E-state index in [1.165, 1.54) is 4.88 Å². The minimum atomic E-state index is -0.522. The summed E-state index contributed by atoms with van der Waals surface area (Å²) in [5.41, 5.74) is 2.47. The second kappa shape index (κ2) is 8.96. The molecule has 0 bridgehead atoms. The number of carbonyl (C=O) groups is 3. The number of hydrogen-bond donors (Lipinski definition) is 1. The van der Waals surface area contributed by atoms with Crippen LogP contribution in [0.25, 0.3) is 0 Å². The second-order valence-corrected chi connectivity index (χ2v) is 8.91. The Morgan fingerprint density at radius 2 is 2.11 bits per heavy atom. The molecule has 1 saturated heterocycles. The summed E-state index contributed by atoms with van der Waals surface area (Å²) < 4.78 is 2.13. The van der Waals surface area contributed by atoms with Crippen LogP contribution in [-0.4, -0.2) is 51.8 Å². The number of urea groups is 1. The summed E-state index contributed by atoms with van der Waals surface area (Å²) >= 11 is 3.35. The lowest BCUT2D eigenvalue weighted by molar-refractivity contribution is -0.127. The van der Waals surface area contributed by atoms with Crippen molar-refractivity contribution in [3.63, 3.8) is 0 Å². The summed E-state index contributed by atoms with van der Waals surface area (Å²) in [4.78, 5) is 39.8. The third kappa shape index (κ3) is 4.33. The van der Waals surface area contributed by atoms with Gasteiger partial charge in [-0.15, -0.1) is 11.3 Å². The smallest absolute Gasteiger partial charge is 0.325 e. The Hall–Kier alpha value is -2.06. The van der Waals surface area contributed by atoms with Crippen molar-refractivity contribution in [1.82, 2.24) is 14.8 Å². The normalized spacial score (nSPS) is 16.7. The number of aromatic nitrogens is 1. The molecule has 28 heavy (non-hydrogen) atoms. The van der Waals surface area contributed by atoms with Crippen molar-refractivity contribution in [3.05, 3.63) is 45.4 Å². The third-order valence-electron chi connectivity index (χ3n) is 5.06. The zero-order chi connectivity index (χ0) is 20.3. The van der Waals surface area contributed by atoms with Crippen molar-refractivity contribution >= 4 is 40.8 Å². The number of nitrogens with zero attached hydrogens (tertiary/aromatic N) is 2. The number of nitrogens with one attached hydrogen (secondary N) is 1. The lowest BCUT2D eigenvalue weighted by Gasteiger charge is -2.13. The number of ketones is 1. The Balaban J connectivity index is 1.68. The molecule has 0 aliphatic carbocycles. The molecule has 1 aliphatic heterocycles. The fraction of sp³-hybridized carbons (Fsp3) is 0.450. The first-order valence-electron chi connectivity index (χ1n) is 9.25. The first-order chi connectivity index (χ1) is 13.4. The SMILES string of the molecule is CSCCC1NC(=O)N(CC(=O)c2cc(C)n(CCc3cccs3)c2C)C1=O. The maximum atomic E-state index is 12.8. The van der Waals surface area contributed by atoms with Crippen molar-refractivity contribution in [1.29, 1.82) is 0 Å². The maximum absolute atomic E-state index is 12.8. The summed E-state index contributed by atoms with van der Waals surface area (Å²) in [7, 11) is 0. The standard InChI is InChI=1S/C20H25N3O3S2/c1-13-11-16(14(2)22(13)8-6-15-5-4-9-28-15)18(24)12-23-19(25)17(7-10-27-3)21-20(23)26/h4-5,9,11,17H,6-8,10,12H2,1-3H3,(H,21,26). The predicted molar refractivity (Wildman–Crippen MR) is 113 cm³/mol. The molecular formula is C20H25N3O3S2. The molecule has 1 fully saturated rings. The van der Waals surface area contributed by atoms with Crippen LogP contribution in [0.1, 0.15) is 33.0 Å². The minimum absolute atomic E-state index is 0.204. The molecule has 0 spiro atoms. The highest BCUT2D eigenvalue weighted by Crippen LogP contribution is 2.20. The van der Waals surface area contributed by atoms with E-state index in [9.17, 15) is 14.4 Å². The number of hydrogen-bond acceptors (Lipinski definition) is 5. The van der Waals surface area contributed by atoms with E-state index < -0.39 is 12.1 Å². The van der Waals surface area contributed by atoms with Crippen LogP contribution in [-0.2, 0) is 17.8 Å². The van der Waals surface area contributed by atoms with Gasteiger partial charge in [0.1, 0.15) is 6.04 Å². The van der Waals surface area contributed by atoms with Crippen molar-refractivity contribution in [2.24, 2.45) is 0 Å². The van der Waals surface area contributed by atoms with Crippen LogP contribution in [0.4, 0.5) is 4.79 Å². The molecule has 3 heterocycles. The van der Waals surface area contributed by atoms with Gasteiger partial charge >= 0.3 is 6.03 Å². The molecule has 3 rings (SSSR count). The topological polar surface area (TPSA) is 71.4 Å². The van der Waals surface area contributed by atoms with Gasteiger partial charge < -0.3 is 9.88 Å². The van der Waals surface area contributed by atoms with Crippen molar-refractivity contribution in [2.75, 3.05) is 18.6 Å². The molecule has 8 heteroatoms. The van der Waals surface area contributed by atoms with E-state index in [-0.39, 0.29) is 18.2 Å². The number of rotatable bonds is 9. The van der Waals surface area contributed by atoms with Gasteiger partial charge in [-0.25, -0.2) is 4.79 Å². The molecule has 150 valence electrons. The van der Waals surface area contributed by atoms with Crippen LogP contribution in [0.5, 0.6) is 0 Å². The van der Waals surface area contributed by atoms with Crippen LogP contribution in [0.3, 0.4) is 0 Å². The first kappa shape index (κ1) is 20.7. The van der Waals surface area contributed by atoms with E-state index in [4.69, 9.17) is 0 Å². The number of carbonyl (C=O) groups excluding carboxylic acids is 3. The van der Waals surface area contributed by atoms with Crippen LogP contribution in [0, 0.1) is 13.8 Å². The Kier molecular flexibility index (Phi) is 6.61. The third-order valence-corrected chi connectivity index (χ3v) is 6.64. The first-order valence-corrected chi connectivity index (χ1v) is 11.5. The van der Waals surface area contributed by atoms with Gasteiger partial charge in [0.25, 0.3) is 5.91 Å². The lowest BCUT2D eigenvalue weighted by atomic mass is 10.1. The molecule has 2 aromatic heterocycles. The van der Waals surface area contributed by atoms with Gasteiger partial charge in [0.2, 0.25) is 0 Å². The van der Waals surface area contributed by atoms with Crippen molar-refractivity contribution in [2.45, 2.75) is 39.3 Å². The number of imide groups is 1. The fourth-order valence-corrected chi connectivity index (χ4v) is 4.66. The zero-order valence-electron chi connectivity index (χ0n) is 16.4. The Morgan fingerprint density at radius 3 is 2.79 bits per heavy atom. The number of amides is 3. The summed E-state index contributed by atoms with van der Waals surface area (Å²) in [6.07, 6.45) is 3.44. The van der Waals surface area contributed by atoms with E-state index in [0.717, 1.165) is 35.0 Å². The van der Waals surface area contributed by atoms with E-state index in [1.807, 2.05) is 32.2 Å². The van der Waals surface area contributed by atoms with Gasteiger partial charge in [0.15, 0.2) is 5.78 Å². The molecule has 1 aliphatic rings. The van der Waals surface area contributed by atoms with E-state index in [2.05, 4.69) is 21.3 Å². The van der Waals surface area contributed by atoms with Crippen LogP contribution in [0.15, 0.2) is 23.6 Å². The Morgan fingerprint density at radius 1 is 1.32 bits per heavy atom. The second-order valence-electron chi connectivity index (χ2n) is 6.90. The van der Waals surface area contributed by atoms with Crippen molar-refractivity contribution < 1.29 is 14.4 Å². The Labute approximate surface area is 173 Å². The molecular weight excluding hydrogens is 394 g/mol. The van der Waals surface area contributed by atoms with E-state index in [1.54, 1.807) is 23.1 Å². The summed E-state index contributed by atoms with van der Waals surface area (Å²) in [5.74, 6) is 0.271. The Bertz CT molecular complexity index is 874. The van der Waals surface area contributed by atoms with Crippen LogP contribution < -0.4 is 5.32 Å². The molecule has 1 N–H and O–H groups in total. The molecule has 1 atom stereocenters. The van der Waals surface area contributed by atoms with Crippen LogP contribution in [0.2, 0.25) is 0 Å². The van der Waals surface area contributed by atoms with E-state index in [0.29, 0.717) is 12.0 Å². The number of thiophene rings is 1. The summed E-state index contributed by atoms with van der Waals surface area (Å²) in [6, 6.07) is 5.00. The molecule has 6 nitrogen and oxygen atoms in total. The van der Waals surface area contributed by atoms with E-state index >= 15 is 0 Å².